The molecule has 2 aromatic rings. The number of carbonyl (C=O) groups is 2. The Kier molecular flexibility index (Phi) is 5.45. The first kappa shape index (κ1) is 16.4. The number of nitrogens with one attached hydrogen (secondary N) is 1. The van der Waals surface area contributed by atoms with Crippen LogP contribution in [0.4, 0.5) is 0 Å². The maximum absolute atomic E-state index is 11.8. The van der Waals surface area contributed by atoms with E-state index in [1.165, 1.54) is 28.5 Å². The lowest BCUT2D eigenvalue weighted by Gasteiger charge is -2.04. The van der Waals surface area contributed by atoms with Gasteiger partial charge >= 0.3 is 5.97 Å². The number of hydrogen-bond donors (Lipinski definition) is 2. The molecule has 0 unspecified atom stereocenters. The van der Waals surface area contributed by atoms with Crippen molar-refractivity contribution in [3.05, 3.63) is 33.5 Å². The Hall–Kier alpha value is -2.00. The molecule has 0 saturated carbocycles. The second kappa shape index (κ2) is 7.32. The Morgan fingerprint density at radius 2 is 1.95 bits per heavy atom. The van der Waals surface area contributed by atoms with Crippen molar-refractivity contribution >= 4 is 35.0 Å². The number of amides is 1. The highest BCUT2D eigenvalue weighted by atomic mass is 32.2. The number of carboxylic acid groups (broad SMARTS) is 1. The van der Waals surface area contributed by atoms with E-state index in [9.17, 15) is 9.59 Å². The van der Waals surface area contributed by atoms with Gasteiger partial charge < -0.3 is 10.4 Å². The van der Waals surface area contributed by atoms with E-state index < -0.39 is 5.97 Å². The van der Waals surface area contributed by atoms with Gasteiger partial charge in [-0.15, -0.1) is 11.3 Å². The van der Waals surface area contributed by atoms with Gasteiger partial charge in [-0.25, -0.2) is 19.7 Å². The quantitative estimate of drug-likeness (QED) is 0.609. The van der Waals surface area contributed by atoms with E-state index in [0.717, 1.165) is 11.4 Å². The molecule has 1 amide bonds. The molecule has 22 heavy (non-hydrogen) atoms. The van der Waals surface area contributed by atoms with Crippen molar-refractivity contribution in [1.82, 2.24) is 20.3 Å². The summed E-state index contributed by atoms with van der Waals surface area (Å²) in [6.45, 7) is 3.97. The summed E-state index contributed by atoms with van der Waals surface area (Å²) in [4.78, 5) is 34.9. The smallest absolute Gasteiger partial charge is 0.355 e. The standard InChI is InChI=1S/C13H14N4O3S2/c1-7-3-8(2)16-13(15-7)22-6-10(18)14-4-11-17-9(5-21-11)12(19)20/h3,5H,4,6H2,1-2H3,(H,14,18)(H,19,20). The molecule has 2 aromatic heterocycles. The first-order valence-corrected chi connectivity index (χ1v) is 8.20. The fraction of sp³-hybridized carbons (Fsp3) is 0.308. The Balaban J connectivity index is 1.81. The molecule has 9 heteroatoms. The number of thioether (sulfide) groups is 1. The van der Waals surface area contributed by atoms with E-state index in [1.807, 2.05) is 19.9 Å². The van der Waals surface area contributed by atoms with Crippen molar-refractivity contribution in [2.24, 2.45) is 0 Å². The zero-order valence-corrected chi connectivity index (χ0v) is 13.6. The molecule has 2 N–H and O–H groups in total. The van der Waals surface area contributed by atoms with Crippen molar-refractivity contribution in [3.8, 4) is 0 Å². The number of carbonyl (C=O) groups excluding carboxylic acids is 1. The Bertz CT molecular complexity index is 682. The van der Waals surface area contributed by atoms with Crippen molar-refractivity contribution in [3.63, 3.8) is 0 Å². The van der Waals surface area contributed by atoms with Crippen LogP contribution in [0.2, 0.25) is 0 Å². The van der Waals surface area contributed by atoms with Gasteiger partial charge in [-0.3, -0.25) is 4.79 Å². The molecule has 2 rings (SSSR count). The highest BCUT2D eigenvalue weighted by Gasteiger charge is 2.10. The lowest BCUT2D eigenvalue weighted by atomic mass is 10.4. The van der Waals surface area contributed by atoms with E-state index in [4.69, 9.17) is 5.11 Å². The average Bonchev–Trinajstić information content (AvgIpc) is 2.91. The number of aromatic nitrogens is 3. The fourth-order valence-electron chi connectivity index (χ4n) is 1.60. The number of thiazole rings is 1. The summed E-state index contributed by atoms with van der Waals surface area (Å²) < 4.78 is 0. The predicted molar refractivity (Wildman–Crippen MR) is 83.2 cm³/mol. The van der Waals surface area contributed by atoms with Gasteiger partial charge in [0, 0.05) is 16.8 Å². The van der Waals surface area contributed by atoms with Gasteiger partial charge in [-0.1, -0.05) is 11.8 Å². The van der Waals surface area contributed by atoms with Gasteiger partial charge in [-0.05, 0) is 19.9 Å². The molecule has 0 aliphatic heterocycles. The molecule has 0 aliphatic rings. The van der Waals surface area contributed by atoms with Gasteiger partial charge in [0.1, 0.15) is 5.01 Å². The van der Waals surface area contributed by atoms with Crippen LogP contribution < -0.4 is 5.32 Å². The first-order chi connectivity index (χ1) is 10.4. The minimum atomic E-state index is -1.07. The van der Waals surface area contributed by atoms with Crippen molar-refractivity contribution in [1.29, 1.82) is 0 Å². The van der Waals surface area contributed by atoms with Crippen LogP contribution in [-0.4, -0.2) is 37.7 Å². The second-order valence-corrected chi connectivity index (χ2v) is 6.32. The molecule has 2 heterocycles. The third-order valence-corrected chi connectivity index (χ3v) is 4.20. The van der Waals surface area contributed by atoms with Crippen LogP contribution in [0, 0.1) is 13.8 Å². The molecule has 116 valence electrons. The summed E-state index contributed by atoms with van der Waals surface area (Å²) in [5.74, 6) is -1.06. The van der Waals surface area contributed by atoms with Crippen molar-refractivity contribution in [2.75, 3.05) is 5.75 Å². The van der Waals surface area contributed by atoms with Crippen LogP contribution in [0.15, 0.2) is 16.6 Å². The average molecular weight is 338 g/mol. The predicted octanol–water partition coefficient (Wildman–Crippen LogP) is 1.66. The van der Waals surface area contributed by atoms with E-state index >= 15 is 0 Å². The summed E-state index contributed by atoms with van der Waals surface area (Å²) in [6, 6.07) is 1.87. The maximum Gasteiger partial charge on any atom is 0.355 e. The normalized spacial score (nSPS) is 10.5. The molecule has 0 aliphatic carbocycles. The number of carboxylic acids is 1. The van der Waals surface area contributed by atoms with Crippen molar-refractivity contribution < 1.29 is 14.7 Å². The second-order valence-electron chi connectivity index (χ2n) is 4.43. The van der Waals surface area contributed by atoms with Crippen molar-refractivity contribution in [2.45, 2.75) is 25.5 Å². The minimum absolute atomic E-state index is 0.00717. The molecular formula is C13H14N4O3S2. The lowest BCUT2D eigenvalue weighted by molar-refractivity contribution is -0.118. The molecular weight excluding hydrogens is 324 g/mol. The van der Waals surface area contributed by atoms with Crippen LogP contribution in [0.1, 0.15) is 26.9 Å². The SMILES string of the molecule is Cc1cc(C)nc(SCC(=O)NCc2nc(C(=O)O)cs2)n1. The molecule has 0 fully saturated rings. The van der Waals surface area contributed by atoms with Crippen LogP contribution >= 0.6 is 23.1 Å². The third kappa shape index (κ3) is 4.78. The summed E-state index contributed by atoms with van der Waals surface area (Å²) in [5, 5.41) is 14.0. The van der Waals surface area contributed by atoms with E-state index in [1.54, 1.807) is 0 Å². The number of aromatic carboxylic acids is 1. The highest BCUT2D eigenvalue weighted by molar-refractivity contribution is 7.99. The molecule has 0 bridgehead atoms. The largest absolute Gasteiger partial charge is 0.476 e. The Morgan fingerprint density at radius 1 is 1.27 bits per heavy atom. The highest BCUT2D eigenvalue weighted by Crippen LogP contribution is 2.14. The monoisotopic (exact) mass is 338 g/mol. The minimum Gasteiger partial charge on any atom is -0.476 e. The number of nitrogens with zero attached hydrogens (tertiary/aromatic N) is 3. The van der Waals surface area contributed by atoms with E-state index in [0.29, 0.717) is 10.2 Å². The lowest BCUT2D eigenvalue weighted by Crippen LogP contribution is -2.24. The van der Waals surface area contributed by atoms with E-state index in [2.05, 4.69) is 20.3 Å². The van der Waals surface area contributed by atoms with Gasteiger partial charge in [0.15, 0.2) is 10.9 Å². The maximum atomic E-state index is 11.8. The number of hydrogen-bond acceptors (Lipinski definition) is 7. The molecule has 0 aromatic carbocycles. The first-order valence-electron chi connectivity index (χ1n) is 6.33. The van der Waals surface area contributed by atoms with Gasteiger partial charge in [0.05, 0.1) is 12.3 Å². The topological polar surface area (TPSA) is 105 Å². The number of rotatable bonds is 6. The third-order valence-electron chi connectivity index (χ3n) is 2.50. The van der Waals surface area contributed by atoms with Crippen LogP contribution in [0.25, 0.3) is 0 Å². The Labute approximate surface area is 135 Å². The number of aryl methyl sites for hydroxylation is 2. The van der Waals surface area contributed by atoms with Crippen LogP contribution in [0.3, 0.4) is 0 Å². The zero-order valence-electron chi connectivity index (χ0n) is 12.0. The molecule has 7 nitrogen and oxygen atoms in total. The summed E-state index contributed by atoms with van der Waals surface area (Å²) in [6.07, 6.45) is 0. The molecule has 0 saturated heterocycles. The summed E-state index contributed by atoms with van der Waals surface area (Å²) in [5.41, 5.74) is 1.71. The molecule has 0 atom stereocenters. The van der Waals surface area contributed by atoms with Crippen LogP contribution in [-0.2, 0) is 11.3 Å². The molecule has 0 radical (unpaired) electrons. The van der Waals surface area contributed by atoms with Gasteiger partial charge in [0.2, 0.25) is 5.91 Å². The molecule has 0 spiro atoms. The van der Waals surface area contributed by atoms with Gasteiger partial charge in [-0.2, -0.15) is 0 Å². The van der Waals surface area contributed by atoms with Crippen LogP contribution in [0.5, 0.6) is 0 Å². The summed E-state index contributed by atoms with van der Waals surface area (Å²) >= 11 is 2.46. The zero-order chi connectivity index (χ0) is 16.1. The van der Waals surface area contributed by atoms with Gasteiger partial charge in [0.25, 0.3) is 0 Å². The fourth-order valence-corrected chi connectivity index (χ4v) is 3.09. The summed E-state index contributed by atoms with van der Waals surface area (Å²) in [7, 11) is 0. The Morgan fingerprint density at radius 3 is 2.55 bits per heavy atom. The van der Waals surface area contributed by atoms with E-state index in [-0.39, 0.29) is 23.9 Å².